The van der Waals surface area contributed by atoms with Gasteiger partial charge in [-0.2, -0.15) is 0 Å². The van der Waals surface area contributed by atoms with Gasteiger partial charge in [0.2, 0.25) is 0 Å². The Hall–Kier alpha value is -1.57. The summed E-state index contributed by atoms with van der Waals surface area (Å²) < 4.78 is 3.03. The van der Waals surface area contributed by atoms with Crippen LogP contribution in [0.5, 0.6) is 0 Å². The van der Waals surface area contributed by atoms with Gasteiger partial charge in [-0.3, -0.25) is 0 Å². The Balaban J connectivity index is 1.60. The standard InChI is InChI=1S/C21H26AsNO2/c24-21(25)17-18-11-14-23(15-12-18)16-13-22(19-7-3-1-4-8-19)20-9-5-2-6-10-20/h1-10,18H,11-17H2,(H,24,25). The molecule has 3 rings (SSSR count). The maximum atomic E-state index is 10.9. The molecule has 4 heteroatoms. The molecule has 3 nitrogen and oxygen atoms in total. The molecular weight excluding hydrogens is 373 g/mol. The molecule has 0 atom stereocenters. The molecule has 2 aromatic rings. The Morgan fingerprint density at radius 2 is 1.48 bits per heavy atom. The van der Waals surface area contributed by atoms with Gasteiger partial charge in [0, 0.05) is 0 Å². The van der Waals surface area contributed by atoms with E-state index in [9.17, 15) is 4.79 Å². The van der Waals surface area contributed by atoms with E-state index in [2.05, 4.69) is 65.6 Å². The zero-order valence-electron chi connectivity index (χ0n) is 14.6. The van der Waals surface area contributed by atoms with Gasteiger partial charge in [-0.05, 0) is 0 Å². The molecule has 1 aliphatic rings. The zero-order chi connectivity index (χ0) is 17.5. The molecule has 0 spiro atoms. The summed E-state index contributed by atoms with van der Waals surface area (Å²) in [5.74, 6) is -0.287. The number of hydrogen-bond acceptors (Lipinski definition) is 2. The number of likely N-dealkylation sites (tertiary alicyclic amines) is 1. The molecule has 0 amide bonds. The fraction of sp³-hybridized carbons (Fsp3) is 0.381. The van der Waals surface area contributed by atoms with E-state index in [0.29, 0.717) is 12.3 Å². The van der Waals surface area contributed by atoms with Crippen LogP contribution in [0, 0.1) is 5.92 Å². The number of nitrogens with zero attached hydrogens (tertiary/aromatic N) is 1. The molecule has 0 saturated carbocycles. The Morgan fingerprint density at radius 1 is 0.960 bits per heavy atom. The normalized spacial score (nSPS) is 16.2. The molecule has 0 aliphatic carbocycles. The van der Waals surface area contributed by atoms with Crippen LogP contribution < -0.4 is 8.70 Å². The second-order valence-corrected chi connectivity index (χ2v) is 11.6. The molecule has 0 radical (unpaired) electrons. The Morgan fingerprint density at radius 3 is 1.96 bits per heavy atom. The van der Waals surface area contributed by atoms with Gasteiger partial charge in [-0.15, -0.1) is 0 Å². The second kappa shape index (κ2) is 9.22. The van der Waals surface area contributed by atoms with Crippen molar-refractivity contribution in [2.24, 2.45) is 5.92 Å². The van der Waals surface area contributed by atoms with Crippen molar-refractivity contribution >= 4 is 29.3 Å². The summed E-state index contributed by atoms with van der Waals surface area (Å²) in [6.07, 6.45) is 2.38. The minimum absolute atomic E-state index is 0.333. The molecule has 132 valence electrons. The monoisotopic (exact) mass is 399 g/mol. The van der Waals surface area contributed by atoms with Crippen LogP contribution in [0.3, 0.4) is 0 Å². The first-order valence-electron chi connectivity index (χ1n) is 9.04. The van der Waals surface area contributed by atoms with Crippen molar-refractivity contribution in [1.82, 2.24) is 4.90 Å². The predicted octanol–water partition coefficient (Wildman–Crippen LogP) is 2.48. The third-order valence-electron chi connectivity index (χ3n) is 4.95. The first-order chi connectivity index (χ1) is 12.2. The number of aliphatic carboxylic acids is 1. The minimum atomic E-state index is -1.28. The number of carboxylic acid groups (broad SMARTS) is 1. The summed E-state index contributed by atoms with van der Waals surface area (Å²) in [5.41, 5.74) is 0. The first kappa shape index (κ1) is 18.2. The first-order valence-corrected chi connectivity index (χ1v) is 12.2. The molecule has 0 unspecified atom stereocenters. The van der Waals surface area contributed by atoms with Crippen LogP contribution in [0.15, 0.2) is 60.7 Å². The van der Waals surface area contributed by atoms with E-state index in [1.807, 2.05) is 0 Å². The van der Waals surface area contributed by atoms with Crippen LogP contribution in [0.1, 0.15) is 19.3 Å². The number of carboxylic acids is 1. The molecule has 25 heavy (non-hydrogen) atoms. The van der Waals surface area contributed by atoms with Crippen molar-refractivity contribution < 1.29 is 9.90 Å². The Labute approximate surface area is 154 Å². The van der Waals surface area contributed by atoms with Gasteiger partial charge >= 0.3 is 155 Å². The van der Waals surface area contributed by atoms with Gasteiger partial charge < -0.3 is 0 Å². The van der Waals surface area contributed by atoms with E-state index in [1.165, 1.54) is 13.9 Å². The molecule has 1 N–H and O–H groups in total. The number of hydrogen-bond donors (Lipinski definition) is 1. The fourth-order valence-electron chi connectivity index (χ4n) is 3.53. The van der Waals surface area contributed by atoms with E-state index >= 15 is 0 Å². The zero-order valence-corrected chi connectivity index (χ0v) is 16.4. The van der Waals surface area contributed by atoms with Gasteiger partial charge in [-0.25, -0.2) is 0 Å². The van der Waals surface area contributed by atoms with E-state index in [4.69, 9.17) is 5.11 Å². The van der Waals surface area contributed by atoms with Crippen molar-refractivity contribution in [2.45, 2.75) is 24.5 Å². The van der Waals surface area contributed by atoms with Crippen LogP contribution in [0.4, 0.5) is 0 Å². The topological polar surface area (TPSA) is 40.5 Å². The summed E-state index contributed by atoms with van der Waals surface area (Å²) in [4.78, 5) is 13.4. The molecule has 1 saturated heterocycles. The SMILES string of the molecule is O=C(O)CC1CCN(CC[As](c2ccccc2)c2ccccc2)CC1. The van der Waals surface area contributed by atoms with E-state index in [-0.39, 0.29) is 0 Å². The van der Waals surface area contributed by atoms with Crippen molar-refractivity contribution in [3.8, 4) is 0 Å². The summed E-state index contributed by atoms with van der Waals surface area (Å²) in [6, 6.07) is 21.9. The van der Waals surface area contributed by atoms with Crippen molar-refractivity contribution in [3.05, 3.63) is 60.7 Å². The van der Waals surface area contributed by atoms with Crippen molar-refractivity contribution in [2.75, 3.05) is 19.6 Å². The predicted molar refractivity (Wildman–Crippen MR) is 104 cm³/mol. The van der Waals surface area contributed by atoms with Gasteiger partial charge in [0.1, 0.15) is 0 Å². The maximum absolute atomic E-state index is 10.9. The van der Waals surface area contributed by atoms with Gasteiger partial charge in [-0.1, -0.05) is 0 Å². The summed E-state index contributed by atoms with van der Waals surface area (Å²) in [6.45, 7) is 3.22. The quantitative estimate of drug-likeness (QED) is 0.728. The van der Waals surface area contributed by atoms with Crippen molar-refractivity contribution in [1.29, 1.82) is 0 Å². The van der Waals surface area contributed by atoms with Crippen LogP contribution >= 0.6 is 0 Å². The third kappa shape index (κ3) is 5.45. The Kier molecular flexibility index (Phi) is 6.72. The van der Waals surface area contributed by atoms with E-state index < -0.39 is 20.6 Å². The van der Waals surface area contributed by atoms with Gasteiger partial charge in [0.15, 0.2) is 0 Å². The average molecular weight is 399 g/mol. The fourth-order valence-corrected chi connectivity index (χ4v) is 8.48. The molecular formula is C21H26AsNO2. The molecule has 1 aliphatic heterocycles. The number of piperidine rings is 1. The summed E-state index contributed by atoms with van der Waals surface area (Å²) in [7, 11) is 0. The van der Waals surface area contributed by atoms with E-state index in [1.54, 1.807) is 0 Å². The number of rotatable bonds is 7. The van der Waals surface area contributed by atoms with Gasteiger partial charge in [0.05, 0.1) is 0 Å². The third-order valence-corrected chi connectivity index (χ3v) is 10.2. The molecule has 1 heterocycles. The van der Waals surface area contributed by atoms with Gasteiger partial charge in [0.25, 0.3) is 0 Å². The number of carbonyl (C=O) groups is 1. The molecule has 1 fully saturated rings. The second-order valence-electron chi connectivity index (χ2n) is 6.71. The van der Waals surface area contributed by atoms with E-state index in [0.717, 1.165) is 32.5 Å². The van der Waals surface area contributed by atoms with Crippen LogP contribution in [0.25, 0.3) is 0 Å². The van der Waals surface area contributed by atoms with Crippen LogP contribution in [-0.4, -0.2) is 50.3 Å². The Bertz CT molecular complexity index is 615. The summed E-state index contributed by atoms with van der Waals surface area (Å²) >= 11 is -1.28. The summed E-state index contributed by atoms with van der Waals surface area (Å²) in [5, 5.41) is 10.2. The average Bonchev–Trinajstić information content (AvgIpc) is 2.65. The van der Waals surface area contributed by atoms with Crippen LogP contribution in [-0.2, 0) is 4.79 Å². The molecule has 0 aromatic heterocycles. The number of benzene rings is 2. The van der Waals surface area contributed by atoms with Crippen molar-refractivity contribution in [3.63, 3.8) is 0 Å². The molecule has 0 bridgehead atoms. The van der Waals surface area contributed by atoms with Crippen LogP contribution in [0.2, 0.25) is 5.21 Å². The molecule has 2 aromatic carbocycles.